The van der Waals surface area contributed by atoms with Crippen molar-refractivity contribution in [1.29, 1.82) is 0 Å². The molecule has 0 fully saturated rings. The van der Waals surface area contributed by atoms with Crippen molar-refractivity contribution in [2.24, 2.45) is 0 Å². The van der Waals surface area contributed by atoms with Crippen LogP contribution in [0.2, 0.25) is 0 Å². The Hall–Kier alpha value is -1.61. The quantitative estimate of drug-likeness (QED) is 0.766. The maximum absolute atomic E-state index is 12.0. The first-order valence-electron chi connectivity index (χ1n) is 4.48. The van der Waals surface area contributed by atoms with Crippen LogP contribution in [0.25, 0.3) is 0 Å². The van der Waals surface area contributed by atoms with Gasteiger partial charge in [-0.15, -0.1) is 0 Å². The molecule has 18 heavy (non-hydrogen) atoms. The van der Waals surface area contributed by atoms with Gasteiger partial charge in [-0.1, -0.05) is 6.08 Å². The van der Waals surface area contributed by atoms with Crippen molar-refractivity contribution in [3.63, 3.8) is 0 Å². The van der Waals surface area contributed by atoms with Crippen LogP contribution in [0.4, 0.5) is 13.2 Å². The highest BCUT2D eigenvalue weighted by Gasteiger charge is 2.34. The predicted molar refractivity (Wildman–Crippen MR) is 54.6 cm³/mol. The predicted octanol–water partition coefficient (Wildman–Crippen LogP) is 0.566. The van der Waals surface area contributed by atoms with Crippen molar-refractivity contribution in [2.75, 3.05) is 6.61 Å². The number of carboxylic acid groups (broad SMARTS) is 1. The minimum absolute atomic E-state index is 0.556. The second kappa shape index (κ2) is 5.36. The molecule has 0 aromatic heterocycles. The molecule has 1 atom stereocenters. The molecule has 0 saturated heterocycles. The lowest BCUT2D eigenvalue weighted by atomic mass is 10.0. The van der Waals surface area contributed by atoms with Crippen LogP contribution in [0.3, 0.4) is 0 Å². The second-order valence-electron chi connectivity index (χ2n) is 3.23. The van der Waals surface area contributed by atoms with E-state index in [1.54, 1.807) is 0 Å². The van der Waals surface area contributed by atoms with Gasteiger partial charge in [0.1, 0.15) is 17.6 Å². The van der Waals surface area contributed by atoms with Crippen LogP contribution in [0.5, 0.6) is 0 Å². The van der Waals surface area contributed by atoms with Gasteiger partial charge in [0, 0.05) is 0 Å². The third kappa shape index (κ3) is 3.70. The number of carbonyl (C=O) groups is 1. The Morgan fingerprint density at radius 3 is 2.50 bits per heavy atom. The topological polar surface area (TPSA) is 80.7 Å². The zero-order valence-electron chi connectivity index (χ0n) is 8.64. The number of alkyl halides is 3. The van der Waals surface area contributed by atoms with Gasteiger partial charge < -0.3 is 9.84 Å². The summed E-state index contributed by atoms with van der Waals surface area (Å²) in [6, 6.07) is 0. The molecule has 1 N–H and O–H groups in total. The lowest BCUT2D eigenvalue weighted by molar-refractivity contribution is -0.177. The van der Waals surface area contributed by atoms with E-state index in [0.717, 1.165) is 18.2 Å². The Morgan fingerprint density at radius 2 is 2.06 bits per heavy atom. The summed E-state index contributed by atoms with van der Waals surface area (Å²) in [6.07, 6.45) is -3.36. The summed E-state index contributed by atoms with van der Waals surface area (Å²) >= 11 is 0. The summed E-state index contributed by atoms with van der Waals surface area (Å²) in [5.41, 5.74) is -0.569. The average molecular weight is 284 g/mol. The Bertz CT molecular complexity index is 533. The van der Waals surface area contributed by atoms with Crippen LogP contribution in [0, 0.1) is 0 Å². The molecule has 100 valence electrons. The van der Waals surface area contributed by atoms with Crippen LogP contribution >= 0.6 is 0 Å². The van der Waals surface area contributed by atoms with E-state index in [0.29, 0.717) is 0 Å². The van der Waals surface area contributed by atoms with Crippen molar-refractivity contribution in [3.05, 3.63) is 23.8 Å². The Balaban J connectivity index is 3.07. The number of aliphatic carboxylic acids is 1. The molecule has 9 heteroatoms. The van der Waals surface area contributed by atoms with Crippen LogP contribution in [-0.4, -0.2) is 43.2 Å². The van der Waals surface area contributed by atoms with Crippen LogP contribution in [-0.2, 0) is 19.8 Å². The third-order valence-corrected chi connectivity index (χ3v) is 2.67. The van der Waals surface area contributed by atoms with Crippen molar-refractivity contribution < 1.29 is 36.2 Å². The molecule has 0 aromatic carbocycles. The van der Waals surface area contributed by atoms with E-state index in [2.05, 4.69) is 4.74 Å². The van der Waals surface area contributed by atoms with E-state index in [-0.39, 0.29) is 0 Å². The normalized spacial score (nSPS) is 19.6. The highest BCUT2D eigenvalue weighted by atomic mass is 32.2. The Labute approximate surface area is 101 Å². The smallest absolute Gasteiger partial charge is 0.411 e. The second-order valence-corrected chi connectivity index (χ2v) is 4.17. The van der Waals surface area contributed by atoms with Gasteiger partial charge in [0.05, 0.1) is 5.57 Å². The molecule has 0 heterocycles. The van der Waals surface area contributed by atoms with E-state index in [9.17, 15) is 26.4 Å². The Morgan fingerprint density at radius 1 is 1.44 bits per heavy atom. The first-order chi connectivity index (χ1) is 8.22. The van der Waals surface area contributed by atoms with E-state index in [4.69, 9.17) is 5.11 Å². The number of allylic oxidation sites excluding steroid dienone is 2. The summed E-state index contributed by atoms with van der Waals surface area (Å²) in [5.74, 6) is -1.55. The molecule has 0 aliphatic heterocycles. The van der Waals surface area contributed by atoms with Gasteiger partial charge in [-0.25, -0.2) is 4.79 Å². The SMILES string of the molecule is O=C(O)C1=CC=CC(=S(=O)=O)C1OCC(F)(F)F. The lowest BCUT2D eigenvalue weighted by Gasteiger charge is -2.20. The van der Waals surface area contributed by atoms with Gasteiger partial charge in [0.2, 0.25) is 10.3 Å². The van der Waals surface area contributed by atoms with Gasteiger partial charge in [-0.05, 0) is 12.2 Å². The number of hydrogen-bond acceptors (Lipinski definition) is 4. The van der Waals surface area contributed by atoms with E-state index in [1.807, 2.05) is 0 Å². The number of ether oxygens (including phenoxy) is 1. The molecule has 1 aliphatic carbocycles. The molecular weight excluding hydrogens is 277 g/mol. The summed E-state index contributed by atoms with van der Waals surface area (Å²) in [5, 5.41) is 8.76. The summed E-state index contributed by atoms with van der Waals surface area (Å²) in [7, 11) is -2.86. The standard InChI is InChI=1S/C9H7F3O5S/c10-9(11,12)4-17-7-5(8(13)14)2-1-3-6(7)18(15)16/h1-3,7H,4H2,(H,13,14). The Kier molecular flexibility index (Phi) is 4.30. The monoisotopic (exact) mass is 284 g/mol. The van der Waals surface area contributed by atoms with Crippen molar-refractivity contribution >= 4 is 21.1 Å². The molecule has 1 unspecified atom stereocenters. The van der Waals surface area contributed by atoms with E-state index < -0.39 is 45.6 Å². The summed E-state index contributed by atoms with van der Waals surface area (Å²) < 4.78 is 61.9. The van der Waals surface area contributed by atoms with Crippen molar-refractivity contribution in [3.8, 4) is 0 Å². The summed E-state index contributed by atoms with van der Waals surface area (Å²) in [6.45, 7) is -1.74. The zero-order chi connectivity index (χ0) is 13.9. The number of halogens is 3. The van der Waals surface area contributed by atoms with Gasteiger partial charge in [-0.3, -0.25) is 0 Å². The fourth-order valence-electron chi connectivity index (χ4n) is 1.25. The van der Waals surface area contributed by atoms with Gasteiger partial charge in [0.15, 0.2) is 0 Å². The molecule has 5 nitrogen and oxygen atoms in total. The average Bonchev–Trinajstić information content (AvgIpc) is 2.24. The first-order valence-corrected chi connectivity index (χ1v) is 5.56. The molecule has 0 bridgehead atoms. The van der Waals surface area contributed by atoms with Gasteiger partial charge >= 0.3 is 12.1 Å². The molecule has 0 spiro atoms. The first kappa shape index (κ1) is 14.5. The molecule has 0 aromatic rings. The minimum Gasteiger partial charge on any atom is -0.478 e. The maximum Gasteiger partial charge on any atom is 0.411 e. The van der Waals surface area contributed by atoms with Crippen LogP contribution < -0.4 is 0 Å². The number of carboxylic acids is 1. The third-order valence-electron chi connectivity index (χ3n) is 1.93. The molecule has 0 radical (unpaired) electrons. The van der Waals surface area contributed by atoms with Crippen LogP contribution in [0.1, 0.15) is 0 Å². The fourth-order valence-corrected chi connectivity index (χ4v) is 1.81. The number of rotatable bonds is 3. The van der Waals surface area contributed by atoms with E-state index in [1.165, 1.54) is 0 Å². The van der Waals surface area contributed by atoms with Crippen molar-refractivity contribution in [2.45, 2.75) is 12.3 Å². The molecule has 1 aliphatic rings. The highest BCUT2D eigenvalue weighted by molar-refractivity contribution is 7.73. The minimum atomic E-state index is -4.68. The largest absolute Gasteiger partial charge is 0.478 e. The van der Waals surface area contributed by atoms with E-state index >= 15 is 0 Å². The van der Waals surface area contributed by atoms with Crippen LogP contribution in [0.15, 0.2) is 23.8 Å². The van der Waals surface area contributed by atoms with Crippen molar-refractivity contribution in [1.82, 2.24) is 0 Å². The summed E-state index contributed by atoms with van der Waals surface area (Å²) in [4.78, 5) is 10.2. The maximum atomic E-state index is 12.0. The molecule has 1 rings (SSSR count). The lowest BCUT2D eigenvalue weighted by Crippen LogP contribution is -2.34. The molecular formula is C9H7F3O5S. The highest BCUT2D eigenvalue weighted by Crippen LogP contribution is 2.20. The molecule has 0 saturated carbocycles. The van der Waals surface area contributed by atoms with Gasteiger partial charge in [0.25, 0.3) is 0 Å². The zero-order valence-corrected chi connectivity index (χ0v) is 9.46. The molecule has 0 amide bonds. The fraction of sp³-hybridized carbons (Fsp3) is 0.333. The van der Waals surface area contributed by atoms with Gasteiger partial charge in [-0.2, -0.15) is 21.6 Å². The number of hydrogen-bond donors (Lipinski definition) is 1.